The molecule has 1 aliphatic carbocycles. The van der Waals surface area contributed by atoms with Crippen LogP contribution in [0.5, 0.6) is 0 Å². The predicted molar refractivity (Wildman–Crippen MR) is 208 cm³/mol. The molecule has 3 aromatic rings. The fraction of sp³-hybridized carbons (Fsp3) is 0.511. The number of aliphatic hydroxyl groups excluding tert-OH is 1. The lowest BCUT2D eigenvalue weighted by Gasteiger charge is -2.41. The van der Waals surface area contributed by atoms with Crippen LogP contribution in [0.1, 0.15) is 87.8 Å². The maximum absolute atomic E-state index is 14.9. The van der Waals surface area contributed by atoms with E-state index in [4.69, 9.17) is 0 Å². The standard InChI is InChI=1S/C45H56N4O4/c1-33(35-16-6-2-7-17-35)47-25-14-15-34(30-47)29-46-44(53)43-36(32-50)24-26-48(43)41-27-40(51)31-49(41)42(52)28-45(37-18-8-3-9-19-37,38-20-10-4-11-21-38)39-22-12-5-13-23-39/h3-5,8-13,18-23,33-35,40-41,43,51H,2,6-7,14-17,24-31H2,1H3,(H,46,53)/t33?,34-,40+,41-,43?/m0/s1. The normalized spacial score (nSPS) is 25.2. The van der Waals surface area contributed by atoms with Gasteiger partial charge < -0.3 is 20.2 Å². The SMILES string of the molecule is CC(C1CCCCC1)N1CCC[C@@H](CNC(=O)C2C(=C=O)CCN2[C@@H]2C[C@@H](O)CN2C(=O)CC(c2ccccc2)(c2ccccc2)c2ccccc2)C1. The summed E-state index contributed by atoms with van der Waals surface area (Å²) in [6, 6.07) is 30.2. The second-order valence-electron chi connectivity index (χ2n) is 16.0. The van der Waals surface area contributed by atoms with Gasteiger partial charge in [-0.05, 0) is 74.1 Å². The van der Waals surface area contributed by atoms with Crippen molar-refractivity contribution in [1.29, 1.82) is 0 Å². The van der Waals surface area contributed by atoms with Crippen LogP contribution in [0.25, 0.3) is 0 Å². The molecule has 0 bridgehead atoms. The molecule has 2 amide bonds. The van der Waals surface area contributed by atoms with E-state index < -0.39 is 23.7 Å². The Morgan fingerprint density at radius 3 is 2.02 bits per heavy atom. The molecule has 2 unspecified atom stereocenters. The first-order valence-corrected chi connectivity index (χ1v) is 20.0. The van der Waals surface area contributed by atoms with Crippen LogP contribution >= 0.6 is 0 Å². The topological polar surface area (TPSA) is 93.2 Å². The Labute approximate surface area is 315 Å². The van der Waals surface area contributed by atoms with E-state index in [1.165, 1.54) is 32.1 Å². The molecule has 4 aliphatic rings. The fourth-order valence-corrected chi connectivity index (χ4v) is 10.0. The lowest BCUT2D eigenvalue weighted by Crippen LogP contribution is -2.55. The first-order valence-electron chi connectivity index (χ1n) is 20.0. The maximum atomic E-state index is 14.9. The van der Waals surface area contributed by atoms with E-state index in [2.05, 4.69) is 59.5 Å². The molecule has 8 nitrogen and oxygen atoms in total. The number of nitrogens with zero attached hydrogens (tertiary/aromatic N) is 3. The summed E-state index contributed by atoms with van der Waals surface area (Å²) in [4.78, 5) is 47.6. The Hall–Kier alpha value is -4.07. The van der Waals surface area contributed by atoms with Gasteiger partial charge in [-0.2, -0.15) is 0 Å². The first kappa shape index (κ1) is 37.3. The van der Waals surface area contributed by atoms with Gasteiger partial charge in [-0.15, -0.1) is 0 Å². The third kappa shape index (κ3) is 7.93. The van der Waals surface area contributed by atoms with Gasteiger partial charge in [-0.25, -0.2) is 4.79 Å². The number of hydrogen-bond acceptors (Lipinski definition) is 6. The van der Waals surface area contributed by atoms with Crippen molar-refractivity contribution in [3.63, 3.8) is 0 Å². The lowest BCUT2D eigenvalue weighted by molar-refractivity contribution is -0.139. The van der Waals surface area contributed by atoms with E-state index in [0.717, 1.165) is 48.5 Å². The predicted octanol–water partition coefficient (Wildman–Crippen LogP) is 5.96. The number of piperidine rings is 1. The van der Waals surface area contributed by atoms with E-state index in [1.807, 2.05) is 59.5 Å². The molecule has 7 rings (SSSR count). The van der Waals surface area contributed by atoms with Gasteiger partial charge in [0, 0.05) is 50.6 Å². The highest BCUT2D eigenvalue weighted by atomic mass is 16.3. The van der Waals surface area contributed by atoms with Gasteiger partial charge in [0.25, 0.3) is 0 Å². The van der Waals surface area contributed by atoms with Gasteiger partial charge in [0.1, 0.15) is 12.0 Å². The van der Waals surface area contributed by atoms with Crippen molar-refractivity contribution < 1.29 is 19.5 Å². The number of nitrogens with one attached hydrogen (secondary N) is 1. The van der Waals surface area contributed by atoms with Crippen LogP contribution in [0, 0.1) is 11.8 Å². The van der Waals surface area contributed by atoms with Crippen LogP contribution in [0.4, 0.5) is 0 Å². The molecule has 5 atom stereocenters. The Bertz CT molecular complexity index is 1630. The summed E-state index contributed by atoms with van der Waals surface area (Å²) in [6.07, 6.45) is 8.45. The molecule has 2 N–H and O–H groups in total. The van der Waals surface area contributed by atoms with Gasteiger partial charge >= 0.3 is 0 Å². The van der Waals surface area contributed by atoms with Crippen molar-refractivity contribution in [3.8, 4) is 0 Å². The van der Waals surface area contributed by atoms with Crippen LogP contribution in [-0.4, -0.2) is 94.6 Å². The number of carbonyl (C=O) groups excluding carboxylic acids is 3. The van der Waals surface area contributed by atoms with Crippen LogP contribution in [0.2, 0.25) is 0 Å². The molecule has 4 fully saturated rings. The molecule has 280 valence electrons. The molecule has 8 heteroatoms. The van der Waals surface area contributed by atoms with Crippen molar-refractivity contribution in [2.45, 2.75) is 101 Å². The highest BCUT2D eigenvalue weighted by Crippen LogP contribution is 2.44. The molecular formula is C45H56N4O4. The zero-order chi connectivity index (χ0) is 36.8. The number of β-amino-alcohol motifs (C(OH)–C–C–N with tert-alkyl or cyclic N) is 1. The molecule has 0 spiro atoms. The van der Waals surface area contributed by atoms with Crippen molar-refractivity contribution in [1.82, 2.24) is 20.0 Å². The van der Waals surface area contributed by atoms with Gasteiger partial charge in [-0.1, -0.05) is 110 Å². The fourth-order valence-electron chi connectivity index (χ4n) is 10.0. The third-order valence-corrected chi connectivity index (χ3v) is 12.9. The molecular weight excluding hydrogens is 661 g/mol. The van der Waals surface area contributed by atoms with Crippen molar-refractivity contribution >= 4 is 17.8 Å². The highest BCUT2D eigenvalue weighted by molar-refractivity contribution is 5.88. The zero-order valence-corrected chi connectivity index (χ0v) is 31.2. The van der Waals surface area contributed by atoms with E-state index in [0.29, 0.717) is 43.5 Å². The van der Waals surface area contributed by atoms with Crippen LogP contribution in [0.15, 0.2) is 96.6 Å². The van der Waals surface area contributed by atoms with Crippen LogP contribution < -0.4 is 5.32 Å². The number of likely N-dealkylation sites (tertiary alicyclic amines) is 3. The maximum Gasteiger partial charge on any atom is 0.242 e. The van der Waals surface area contributed by atoms with Gasteiger partial charge in [0.05, 0.1) is 17.7 Å². The number of rotatable bonds is 11. The summed E-state index contributed by atoms with van der Waals surface area (Å²) in [7, 11) is 0. The largest absolute Gasteiger partial charge is 0.391 e. The van der Waals surface area contributed by atoms with E-state index >= 15 is 0 Å². The first-order chi connectivity index (χ1) is 25.9. The minimum atomic E-state index is -0.818. The second kappa shape index (κ2) is 16.9. The Kier molecular flexibility index (Phi) is 11.9. The molecule has 0 aromatic heterocycles. The number of carbonyl (C=O) groups is 2. The number of aliphatic hydroxyl groups is 1. The lowest BCUT2D eigenvalue weighted by atomic mass is 9.67. The van der Waals surface area contributed by atoms with E-state index in [9.17, 15) is 19.5 Å². The summed E-state index contributed by atoms with van der Waals surface area (Å²) < 4.78 is 0. The number of amides is 2. The molecule has 3 saturated heterocycles. The molecule has 3 aliphatic heterocycles. The number of benzene rings is 3. The van der Waals surface area contributed by atoms with Crippen molar-refractivity contribution in [2.24, 2.45) is 11.8 Å². The van der Waals surface area contributed by atoms with E-state index in [-0.39, 0.29) is 24.8 Å². The molecule has 1 saturated carbocycles. The summed E-state index contributed by atoms with van der Waals surface area (Å²) in [5.41, 5.74) is 2.62. The minimum absolute atomic E-state index is 0.111. The van der Waals surface area contributed by atoms with E-state index in [1.54, 1.807) is 4.90 Å². The molecule has 3 heterocycles. The van der Waals surface area contributed by atoms with Crippen molar-refractivity contribution in [2.75, 3.05) is 32.7 Å². The molecule has 3 aromatic carbocycles. The quantitative estimate of drug-likeness (QED) is 0.188. The highest BCUT2D eigenvalue weighted by Gasteiger charge is 2.48. The van der Waals surface area contributed by atoms with Gasteiger partial charge in [-0.3, -0.25) is 14.5 Å². The zero-order valence-electron chi connectivity index (χ0n) is 31.2. The van der Waals surface area contributed by atoms with Gasteiger partial charge in [0.15, 0.2) is 0 Å². The molecule has 0 radical (unpaired) electrons. The summed E-state index contributed by atoms with van der Waals surface area (Å²) in [5, 5.41) is 14.3. The third-order valence-electron chi connectivity index (χ3n) is 12.9. The Morgan fingerprint density at radius 1 is 0.830 bits per heavy atom. The van der Waals surface area contributed by atoms with Crippen molar-refractivity contribution in [3.05, 3.63) is 113 Å². The smallest absolute Gasteiger partial charge is 0.242 e. The number of hydrogen-bond donors (Lipinski definition) is 2. The monoisotopic (exact) mass is 716 g/mol. The summed E-state index contributed by atoms with van der Waals surface area (Å²) in [5.74, 6) is 2.88. The Balaban J connectivity index is 1.10. The van der Waals surface area contributed by atoms with Crippen LogP contribution in [0.3, 0.4) is 0 Å². The summed E-state index contributed by atoms with van der Waals surface area (Å²) >= 11 is 0. The average molecular weight is 717 g/mol. The van der Waals surface area contributed by atoms with Crippen LogP contribution in [-0.2, 0) is 19.8 Å². The molecule has 53 heavy (non-hydrogen) atoms. The Morgan fingerprint density at radius 2 is 1.43 bits per heavy atom. The second-order valence-corrected chi connectivity index (χ2v) is 16.0. The summed E-state index contributed by atoms with van der Waals surface area (Å²) in [6.45, 7) is 5.66. The minimum Gasteiger partial charge on any atom is -0.391 e. The average Bonchev–Trinajstić information content (AvgIpc) is 3.83. The van der Waals surface area contributed by atoms with Gasteiger partial charge in [0.2, 0.25) is 11.8 Å².